The Morgan fingerprint density at radius 1 is 1.42 bits per heavy atom. The van der Waals surface area contributed by atoms with Gasteiger partial charge in [-0.15, -0.1) is 5.10 Å². The van der Waals surface area contributed by atoms with Crippen molar-refractivity contribution in [3.63, 3.8) is 0 Å². The second kappa shape index (κ2) is 7.51. The molecule has 0 bridgehead atoms. The Labute approximate surface area is 142 Å². The number of amides is 1. The van der Waals surface area contributed by atoms with E-state index in [1.54, 1.807) is 19.3 Å². The predicted octanol–water partition coefficient (Wildman–Crippen LogP) is 3.02. The van der Waals surface area contributed by atoms with Gasteiger partial charge in [0, 0.05) is 19.2 Å². The Kier molecular flexibility index (Phi) is 5.64. The molecule has 2 atom stereocenters. The van der Waals surface area contributed by atoms with E-state index in [9.17, 15) is 4.79 Å². The normalized spacial score (nSPS) is 13.8. The number of carbonyl (C=O) groups is 1. The van der Waals surface area contributed by atoms with Gasteiger partial charge in [-0.2, -0.15) is 0 Å². The third kappa shape index (κ3) is 3.96. The third-order valence-electron chi connectivity index (χ3n) is 4.01. The van der Waals surface area contributed by atoms with Gasteiger partial charge in [0.2, 0.25) is 5.88 Å². The molecule has 2 heterocycles. The molecule has 2 aromatic rings. The predicted molar refractivity (Wildman–Crippen MR) is 89.9 cm³/mol. The maximum absolute atomic E-state index is 12.2. The first-order valence-electron chi connectivity index (χ1n) is 8.26. The Morgan fingerprint density at radius 2 is 2.12 bits per heavy atom. The Balaban J connectivity index is 2.24. The highest BCUT2D eigenvalue weighted by atomic mass is 16.5. The van der Waals surface area contributed by atoms with E-state index in [-0.39, 0.29) is 24.0 Å². The molecule has 0 saturated carbocycles. The quantitative estimate of drug-likeness (QED) is 0.841. The fourth-order valence-electron chi connectivity index (χ4n) is 2.46. The molecule has 7 heteroatoms. The standard InChI is InChI=1S/C17H26N4O3/c1-7-11(4)16(13-9-18-24-12(13)5)23-15-8-14(21(6)20-15)17(22)19-10(2)3/h8-11,16H,7H2,1-6H3,(H,19,22). The second-order valence-corrected chi connectivity index (χ2v) is 6.38. The number of hydrogen-bond donors (Lipinski definition) is 1. The minimum atomic E-state index is -0.225. The average molecular weight is 334 g/mol. The van der Waals surface area contributed by atoms with Gasteiger partial charge < -0.3 is 14.6 Å². The summed E-state index contributed by atoms with van der Waals surface area (Å²) in [7, 11) is 1.73. The summed E-state index contributed by atoms with van der Waals surface area (Å²) in [6, 6.07) is 1.72. The fraction of sp³-hybridized carbons (Fsp3) is 0.588. The van der Waals surface area contributed by atoms with Crippen LogP contribution in [0.2, 0.25) is 0 Å². The van der Waals surface area contributed by atoms with Gasteiger partial charge in [-0.05, 0) is 33.1 Å². The van der Waals surface area contributed by atoms with Crippen LogP contribution in [0.25, 0.3) is 0 Å². The first-order chi connectivity index (χ1) is 11.3. The summed E-state index contributed by atoms with van der Waals surface area (Å²) in [5.41, 5.74) is 1.37. The number of hydrogen-bond acceptors (Lipinski definition) is 5. The molecule has 2 rings (SSSR count). The van der Waals surface area contributed by atoms with E-state index in [1.165, 1.54) is 4.68 Å². The minimum Gasteiger partial charge on any atom is -0.468 e. The van der Waals surface area contributed by atoms with Crippen molar-refractivity contribution >= 4 is 5.91 Å². The van der Waals surface area contributed by atoms with Crippen LogP contribution in [0.1, 0.15) is 62.0 Å². The van der Waals surface area contributed by atoms with E-state index in [0.717, 1.165) is 17.7 Å². The lowest BCUT2D eigenvalue weighted by Gasteiger charge is -2.22. The number of nitrogens with zero attached hydrogens (tertiary/aromatic N) is 3. The van der Waals surface area contributed by atoms with E-state index in [2.05, 4.69) is 29.4 Å². The van der Waals surface area contributed by atoms with Crippen molar-refractivity contribution < 1.29 is 14.1 Å². The van der Waals surface area contributed by atoms with E-state index in [0.29, 0.717) is 11.6 Å². The highest BCUT2D eigenvalue weighted by Gasteiger charge is 2.26. The van der Waals surface area contributed by atoms with Crippen molar-refractivity contribution in [2.75, 3.05) is 0 Å². The molecule has 0 aliphatic heterocycles. The van der Waals surface area contributed by atoms with Crippen LogP contribution >= 0.6 is 0 Å². The molecular weight excluding hydrogens is 308 g/mol. The van der Waals surface area contributed by atoms with Gasteiger partial charge in [-0.3, -0.25) is 9.48 Å². The van der Waals surface area contributed by atoms with Crippen molar-refractivity contribution in [3.8, 4) is 5.88 Å². The van der Waals surface area contributed by atoms with Gasteiger partial charge in [0.15, 0.2) is 0 Å². The topological polar surface area (TPSA) is 82.2 Å². The lowest BCUT2D eigenvalue weighted by molar-refractivity contribution is 0.0933. The van der Waals surface area contributed by atoms with Crippen molar-refractivity contribution in [1.29, 1.82) is 0 Å². The number of carbonyl (C=O) groups excluding carboxylic acids is 1. The largest absolute Gasteiger partial charge is 0.468 e. The summed E-state index contributed by atoms with van der Waals surface area (Å²) in [4.78, 5) is 12.2. The first kappa shape index (κ1) is 18.0. The van der Waals surface area contributed by atoms with E-state index >= 15 is 0 Å². The Bertz CT molecular complexity index is 690. The SMILES string of the molecule is CCC(C)C(Oc1cc(C(=O)NC(C)C)n(C)n1)c1cnoc1C. The second-order valence-electron chi connectivity index (χ2n) is 6.38. The molecule has 132 valence electrons. The van der Waals surface area contributed by atoms with E-state index < -0.39 is 0 Å². The zero-order valence-corrected chi connectivity index (χ0v) is 15.2. The molecule has 7 nitrogen and oxygen atoms in total. The number of nitrogens with one attached hydrogen (secondary N) is 1. The molecule has 0 radical (unpaired) electrons. The number of ether oxygens (including phenoxy) is 1. The van der Waals surface area contributed by atoms with Crippen LogP contribution in [0.3, 0.4) is 0 Å². The first-order valence-corrected chi connectivity index (χ1v) is 8.26. The van der Waals surface area contributed by atoms with E-state index in [4.69, 9.17) is 9.26 Å². The lowest BCUT2D eigenvalue weighted by Crippen LogP contribution is -2.31. The van der Waals surface area contributed by atoms with Gasteiger partial charge >= 0.3 is 0 Å². The Hall–Kier alpha value is -2.31. The molecule has 0 saturated heterocycles. The van der Waals surface area contributed by atoms with Crippen molar-refractivity contribution in [2.24, 2.45) is 13.0 Å². The summed E-state index contributed by atoms with van der Waals surface area (Å²) >= 11 is 0. The summed E-state index contributed by atoms with van der Waals surface area (Å²) in [6.45, 7) is 9.90. The maximum atomic E-state index is 12.2. The molecule has 0 aliphatic carbocycles. The molecule has 0 aromatic carbocycles. The van der Waals surface area contributed by atoms with Crippen molar-refractivity contribution in [1.82, 2.24) is 20.3 Å². The van der Waals surface area contributed by atoms with Gasteiger partial charge in [0.05, 0.1) is 11.8 Å². The number of aromatic nitrogens is 3. The number of aryl methyl sites for hydroxylation is 2. The summed E-state index contributed by atoms with van der Waals surface area (Å²) in [5.74, 6) is 1.22. The number of rotatable bonds is 7. The molecule has 0 aliphatic rings. The van der Waals surface area contributed by atoms with Crippen LogP contribution in [0, 0.1) is 12.8 Å². The van der Waals surface area contributed by atoms with Gasteiger partial charge in [0.1, 0.15) is 17.6 Å². The van der Waals surface area contributed by atoms with Crippen LogP contribution in [0.4, 0.5) is 0 Å². The summed E-state index contributed by atoms with van der Waals surface area (Å²) in [5, 5.41) is 11.0. The fourth-order valence-corrected chi connectivity index (χ4v) is 2.46. The van der Waals surface area contributed by atoms with Crippen molar-refractivity contribution in [2.45, 2.75) is 53.2 Å². The van der Waals surface area contributed by atoms with Crippen LogP contribution in [-0.4, -0.2) is 26.9 Å². The zero-order chi connectivity index (χ0) is 17.9. The third-order valence-corrected chi connectivity index (χ3v) is 4.01. The molecule has 24 heavy (non-hydrogen) atoms. The zero-order valence-electron chi connectivity index (χ0n) is 15.2. The molecule has 1 amide bonds. The van der Waals surface area contributed by atoms with Crippen LogP contribution in [0.15, 0.2) is 16.8 Å². The van der Waals surface area contributed by atoms with Crippen LogP contribution in [-0.2, 0) is 7.05 Å². The highest BCUT2D eigenvalue weighted by molar-refractivity contribution is 5.93. The van der Waals surface area contributed by atoms with E-state index in [1.807, 2.05) is 20.8 Å². The monoisotopic (exact) mass is 334 g/mol. The summed E-state index contributed by atoms with van der Waals surface area (Å²) < 4.78 is 12.8. The van der Waals surface area contributed by atoms with Gasteiger partial charge in [-0.25, -0.2) is 0 Å². The average Bonchev–Trinajstić information content (AvgIpc) is 3.09. The highest BCUT2D eigenvalue weighted by Crippen LogP contribution is 2.31. The smallest absolute Gasteiger partial charge is 0.269 e. The molecule has 1 N–H and O–H groups in total. The molecular formula is C17H26N4O3. The Morgan fingerprint density at radius 3 is 2.67 bits per heavy atom. The lowest BCUT2D eigenvalue weighted by atomic mass is 9.96. The molecule has 0 spiro atoms. The van der Waals surface area contributed by atoms with Crippen LogP contribution < -0.4 is 10.1 Å². The summed E-state index contributed by atoms with van der Waals surface area (Å²) in [6.07, 6.45) is 2.39. The van der Waals surface area contributed by atoms with Crippen LogP contribution in [0.5, 0.6) is 5.88 Å². The molecule has 2 unspecified atom stereocenters. The van der Waals surface area contributed by atoms with Crippen molar-refractivity contribution in [3.05, 3.63) is 29.3 Å². The van der Waals surface area contributed by atoms with Gasteiger partial charge in [0.25, 0.3) is 5.91 Å². The maximum Gasteiger partial charge on any atom is 0.269 e. The minimum absolute atomic E-state index is 0.0595. The van der Waals surface area contributed by atoms with Gasteiger partial charge in [-0.1, -0.05) is 19.0 Å². The molecule has 2 aromatic heterocycles. The molecule has 0 fully saturated rings.